The average molecular weight is 413 g/mol. The highest BCUT2D eigenvalue weighted by Gasteiger charge is 2.19. The Morgan fingerprint density at radius 2 is 2.04 bits per heavy atom. The van der Waals surface area contributed by atoms with Gasteiger partial charge in [-0.2, -0.15) is 0 Å². The second kappa shape index (κ2) is 6.60. The topological polar surface area (TPSA) is 66.4 Å². The van der Waals surface area contributed by atoms with E-state index in [9.17, 15) is 4.79 Å². The number of carbonyl (C=O) groups is 1. The molecule has 134 valence electrons. The first kappa shape index (κ1) is 16.7. The zero-order chi connectivity index (χ0) is 18.4. The third-order valence-corrected chi connectivity index (χ3v) is 6.91. The summed E-state index contributed by atoms with van der Waals surface area (Å²) < 4.78 is 1.99. The van der Waals surface area contributed by atoms with E-state index in [4.69, 9.17) is 11.6 Å². The van der Waals surface area contributed by atoms with E-state index in [-0.39, 0.29) is 5.91 Å². The Labute approximate surface area is 167 Å². The lowest BCUT2D eigenvalue weighted by atomic mass is 10.1. The number of anilines is 1. The van der Waals surface area contributed by atoms with Crippen molar-refractivity contribution in [2.24, 2.45) is 4.99 Å². The van der Waals surface area contributed by atoms with Crippen LogP contribution < -0.4 is 10.6 Å². The molecular formula is C19H13ClN4OS2. The number of thiophene rings is 1. The fourth-order valence-electron chi connectivity index (χ4n) is 3.03. The van der Waals surface area contributed by atoms with Gasteiger partial charge in [-0.05, 0) is 18.2 Å². The number of benzene rings is 2. The van der Waals surface area contributed by atoms with Crippen LogP contribution in [0.25, 0.3) is 20.3 Å². The Bertz CT molecular complexity index is 1190. The number of thiazole rings is 1. The van der Waals surface area contributed by atoms with Crippen LogP contribution in [0.15, 0.2) is 47.5 Å². The number of carbonyl (C=O) groups excluding carboxylic acids is 1. The number of halogens is 1. The van der Waals surface area contributed by atoms with Crippen molar-refractivity contribution in [1.29, 1.82) is 0 Å². The first-order valence-corrected chi connectivity index (χ1v) is 10.4. The quantitative estimate of drug-likeness (QED) is 0.509. The van der Waals surface area contributed by atoms with Crippen LogP contribution in [-0.4, -0.2) is 29.8 Å². The van der Waals surface area contributed by atoms with Gasteiger partial charge in [0.2, 0.25) is 0 Å². The van der Waals surface area contributed by atoms with Gasteiger partial charge in [0.15, 0.2) is 5.13 Å². The molecule has 0 aliphatic carbocycles. The highest BCUT2D eigenvalue weighted by atomic mass is 35.5. The smallest absolute Gasteiger partial charge is 0.269 e. The molecule has 0 unspecified atom stereocenters. The van der Waals surface area contributed by atoms with Crippen molar-refractivity contribution in [2.45, 2.75) is 0 Å². The van der Waals surface area contributed by atoms with Crippen molar-refractivity contribution in [2.75, 3.05) is 18.4 Å². The zero-order valence-corrected chi connectivity index (χ0v) is 16.3. The number of rotatable bonds is 3. The number of amides is 1. The molecule has 1 aliphatic rings. The Kier molecular flexibility index (Phi) is 4.07. The van der Waals surface area contributed by atoms with E-state index in [1.807, 2.05) is 42.5 Å². The fourth-order valence-corrected chi connectivity index (χ4v) is 5.34. The van der Waals surface area contributed by atoms with Crippen LogP contribution in [0.5, 0.6) is 0 Å². The number of aromatic nitrogens is 1. The molecule has 0 bridgehead atoms. The number of para-hydroxylation sites is 1. The molecule has 8 heteroatoms. The second-order valence-electron chi connectivity index (χ2n) is 6.05. The Morgan fingerprint density at radius 1 is 1.15 bits per heavy atom. The van der Waals surface area contributed by atoms with Gasteiger partial charge in [0, 0.05) is 22.2 Å². The lowest BCUT2D eigenvalue weighted by Crippen LogP contribution is -2.19. The van der Waals surface area contributed by atoms with Gasteiger partial charge in [-0.15, -0.1) is 11.3 Å². The van der Waals surface area contributed by atoms with Gasteiger partial charge < -0.3 is 5.32 Å². The van der Waals surface area contributed by atoms with Crippen molar-refractivity contribution in [3.8, 4) is 0 Å². The van der Waals surface area contributed by atoms with Crippen LogP contribution in [0.2, 0.25) is 5.02 Å². The minimum absolute atomic E-state index is 0.238. The molecule has 0 atom stereocenters. The Morgan fingerprint density at radius 3 is 2.85 bits per heavy atom. The predicted octanol–water partition coefficient (Wildman–Crippen LogP) is 4.77. The maximum absolute atomic E-state index is 12.8. The molecule has 2 aromatic heterocycles. The van der Waals surface area contributed by atoms with Gasteiger partial charge in [-0.1, -0.05) is 47.2 Å². The largest absolute Gasteiger partial charge is 0.368 e. The molecule has 2 N–H and O–H groups in total. The van der Waals surface area contributed by atoms with Crippen LogP contribution >= 0.6 is 34.3 Å². The third-order valence-electron chi connectivity index (χ3n) is 4.30. The Hall–Kier alpha value is -2.48. The molecule has 1 amide bonds. The van der Waals surface area contributed by atoms with E-state index in [2.05, 4.69) is 20.6 Å². The summed E-state index contributed by atoms with van der Waals surface area (Å²) in [6, 6.07) is 13.7. The number of hydrogen-bond donors (Lipinski definition) is 2. The van der Waals surface area contributed by atoms with Crippen molar-refractivity contribution < 1.29 is 4.79 Å². The lowest BCUT2D eigenvalue weighted by Gasteiger charge is -2.01. The first-order chi connectivity index (χ1) is 13.2. The first-order valence-electron chi connectivity index (χ1n) is 8.37. The van der Waals surface area contributed by atoms with Crippen LogP contribution in [0.1, 0.15) is 15.2 Å². The SMILES string of the molecule is O=C(Nc1nc2ccccc2s1)c1sc2cc(C3=NCCN3)ccc2c1Cl. The maximum atomic E-state index is 12.8. The number of aliphatic imine (C=N–C) groups is 1. The molecule has 0 saturated carbocycles. The highest BCUT2D eigenvalue weighted by Crippen LogP contribution is 2.37. The molecule has 0 spiro atoms. The zero-order valence-electron chi connectivity index (χ0n) is 14.0. The van der Waals surface area contributed by atoms with Crippen LogP contribution in [0.4, 0.5) is 5.13 Å². The van der Waals surface area contributed by atoms with Crippen molar-refractivity contribution in [3.63, 3.8) is 0 Å². The van der Waals surface area contributed by atoms with Gasteiger partial charge in [0.05, 0.1) is 21.8 Å². The van der Waals surface area contributed by atoms with Gasteiger partial charge in [0.25, 0.3) is 5.91 Å². The van der Waals surface area contributed by atoms with E-state index in [0.717, 1.165) is 44.8 Å². The van der Waals surface area contributed by atoms with E-state index >= 15 is 0 Å². The standard InChI is InChI=1S/C19H13ClN4OS2/c20-15-11-6-5-10(17-21-7-8-22-17)9-14(11)26-16(15)18(25)24-19-23-12-3-1-2-4-13(12)27-19/h1-6,9H,7-8H2,(H,21,22)(H,23,24,25). The molecule has 5 nitrogen and oxygen atoms in total. The molecular weight excluding hydrogens is 400 g/mol. The number of hydrogen-bond acceptors (Lipinski definition) is 6. The second-order valence-corrected chi connectivity index (χ2v) is 8.51. The van der Waals surface area contributed by atoms with Gasteiger partial charge in [0.1, 0.15) is 10.7 Å². The highest BCUT2D eigenvalue weighted by molar-refractivity contribution is 7.23. The molecule has 4 aromatic rings. The summed E-state index contributed by atoms with van der Waals surface area (Å²) in [5.41, 5.74) is 1.88. The van der Waals surface area contributed by atoms with E-state index in [1.54, 1.807) is 0 Å². The summed E-state index contributed by atoms with van der Waals surface area (Å²) in [4.78, 5) is 22.2. The third kappa shape index (κ3) is 2.97. The van der Waals surface area contributed by atoms with E-state index in [0.29, 0.717) is 15.0 Å². The van der Waals surface area contributed by atoms with Crippen molar-refractivity contribution >= 4 is 71.5 Å². The summed E-state index contributed by atoms with van der Waals surface area (Å²) >= 11 is 9.32. The minimum atomic E-state index is -0.238. The summed E-state index contributed by atoms with van der Waals surface area (Å²) in [6.45, 7) is 1.64. The molecule has 5 rings (SSSR count). The lowest BCUT2D eigenvalue weighted by molar-refractivity contribution is 0.103. The Balaban J connectivity index is 1.47. The van der Waals surface area contributed by atoms with E-state index < -0.39 is 0 Å². The number of nitrogens with zero attached hydrogens (tertiary/aromatic N) is 2. The fraction of sp³-hybridized carbons (Fsp3) is 0.105. The van der Waals surface area contributed by atoms with Crippen molar-refractivity contribution in [3.05, 3.63) is 57.9 Å². The summed E-state index contributed by atoms with van der Waals surface area (Å²) in [5.74, 6) is 0.653. The van der Waals surface area contributed by atoms with Crippen LogP contribution in [0, 0.1) is 0 Å². The van der Waals surface area contributed by atoms with Crippen molar-refractivity contribution in [1.82, 2.24) is 10.3 Å². The monoisotopic (exact) mass is 412 g/mol. The van der Waals surface area contributed by atoms with Gasteiger partial charge >= 0.3 is 0 Å². The number of nitrogens with one attached hydrogen (secondary N) is 2. The van der Waals surface area contributed by atoms with Gasteiger partial charge in [-0.3, -0.25) is 15.1 Å². The average Bonchev–Trinajstić information content (AvgIpc) is 3.39. The molecule has 0 radical (unpaired) electrons. The normalized spacial score (nSPS) is 13.7. The number of fused-ring (bicyclic) bond motifs is 2. The van der Waals surface area contributed by atoms with E-state index in [1.165, 1.54) is 22.7 Å². The molecule has 2 aromatic carbocycles. The maximum Gasteiger partial charge on any atom is 0.269 e. The predicted molar refractivity (Wildman–Crippen MR) is 114 cm³/mol. The summed E-state index contributed by atoms with van der Waals surface area (Å²) in [5, 5.41) is 8.06. The molecule has 0 fully saturated rings. The molecule has 3 heterocycles. The number of amidine groups is 1. The van der Waals surface area contributed by atoms with Crippen LogP contribution in [0.3, 0.4) is 0 Å². The van der Waals surface area contributed by atoms with Gasteiger partial charge in [-0.25, -0.2) is 4.98 Å². The molecule has 0 saturated heterocycles. The molecule has 1 aliphatic heterocycles. The summed E-state index contributed by atoms with van der Waals surface area (Å²) in [6.07, 6.45) is 0. The van der Waals surface area contributed by atoms with Crippen LogP contribution in [-0.2, 0) is 0 Å². The molecule has 27 heavy (non-hydrogen) atoms. The summed E-state index contributed by atoms with van der Waals surface area (Å²) in [7, 11) is 0. The minimum Gasteiger partial charge on any atom is -0.368 e.